The third kappa shape index (κ3) is 5.14. The van der Waals surface area contributed by atoms with Gasteiger partial charge in [0, 0.05) is 34.8 Å². The number of hydrogen-bond acceptors (Lipinski definition) is 6. The molecule has 1 aromatic carbocycles. The summed E-state index contributed by atoms with van der Waals surface area (Å²) >= 11 is 3.59. The number of carbonyl (C=O) groups excluding carboxylic acids is 2. The molecule has 2 aliphatic heterocycles. The van der Waals surface area contributed by atoms with Gasteiger partial charge in [0.1, 0.15) is 6.29 Å². The van der Waals surface area contributed by atoms with Gasteiger partial charge < -0.3 is 4.74 Å². The van der Waals surface area contributed by atoms with Gasteiger partial charge in [0.25, 0.3) is 0 Å². The van der Waals surface area contributed by atoms with Gasteiger partial charge in [-0.25, -0.2) is 10.3 Å². The van der Waals surface area contributed by atoms with Gasteiger partial charge in [0.2, 0.25) is 5.91 Å². The van der Waals surface area contributed by atoms with Gasteiger partial charge in [-0.15, -0.1) is 23.1 Å². The first-order valence-electron chi connectivity index (χ1n) is 10.5. The van der Waals surface area contributed by atoms with E-state index in [1.165, 1.54) is 11.3 Å². The number of hydroxylamine groups is 1. The van der Waals surface area contributed by atoms with Gasteiger partial charge in [-0.3, -0.25) is 9.59 Å². The van der Waals surface area contributed by atoms with Crippen molar-refractivity contribution in [3.8, 4) is 10.4 Å². The molecule has 2 aliphatic rings. The number of ether oxygens (including phenoxy) is 1. The minimum absolute atomic E-state index is 0.100. The fraction of sp³-hybridized carbons (Fsp3) is 0.478. The molecule has 0 spiro atoms. The number of rotatable bonds is 7. The van der Waals surface area contributed by atoms with E-state index >= 15 is 0 Å². The molecule has 1 amide bonds. The van der Waals surface area contributed by atoms with E-state index in [-0.39, 0.29) is 16.9 Å². The topological polar surface area (TPSA) is 64.6 Å². The summed E-state index contributed by atoms with van der Waals surface area (Å²) in [5.74, 6) is 0.949. The van der Waals surface area contributed by atoms with Gasteiger partial charge in [0.05, 0.1) is 4.75 Å². The first-order chi connectivity index (χ1) is 14.7. The Bertz CT molecular complexity index is 870. The van der Waals surface area contributed by atoms with E-state index in [4.69, 9.17) is 9.57 Å². The number of amides is 1. The summed E-state index contributed by atoms with van der Waals surface area (Å²) in [6.45, 7) is 0.684. The number of thiophene rings is 1. The van der Waals surface area contributed by atoms with Gasteiger partial charge in [-0.2, -0.15) is 0 Å². The quantitative estimate of drug-likeness (QED) is 0.462. The zero-order chi connectivity index (χ0) is 20.8. The molecule has 30 heavy (non-hydrogen) atoms. The third-order valence-corrected chi connectivity index (χ3v) is 8.69. The van der Waals surface area contributed by atoms with Gasteiger partial charge >= 0.3 is 0 Å². The summed E-state index contributed by atoms with van der Waals surface area (Å²) < 4.78 is 5.30. The number of benzene rings is 1. The monoisotopic (exact) mass is 445 g/mol. The number of carbonyl (C=O) groups is 2. The van der Waals surface area contributed by atoms with Crippen molar-refractivity contribution in [2.24, 2.45) is 0 Å². The van der Waals surface area contributed by atoms with Crippen LogP contribution in [0.2, 0.25) is 0 Å². The Morgan fingerprint density at radius 3 is 2.93 bits per heavy atom. The lowest BCUT2D eigenvalue weighted by atomic mass is 9.94. The molecule has 0 saturated carbocycles. The fourth-order valence-electron chi connectivity index (χ4n) is 4.01. The summed E-state index contributed by atoms with van der Waals surface area (Å²) in [4.78, 5) is 31.7. The molecule has 7 heteroatoms. The second-order valence-electron chi connectivity index (χ2n) is 7.82. The molecule has 0 aliphatic carbocycles. The molecule has 0 radical (unpaired) electrons. The van der Waals surface area contributed by atoms with E-state index in [1.807, 2.05) is 36.0 Å². The lowest BCUT2D eigenvalue weighted by Crippen LogP contribution is -2.37. The standard InChI is InChI=1S/C23H27NO4S2/c25-16-17-6-5-7-18(14-17)19-9-10-20(30-19)23(11-2-4-13-29-23)15-21(26)24-28-22-8-1-3-12-27-22/h5-7,9-10,14,16,22H,1-4,8,11-13,15H2,(H,24,26)/t22?,23-/m0/s1. The Labute approximate surface area is 185 Å². The number of nitrogens with one attached hydrogen (secondary N) is 1. The Balaban J connectivity index is 1.48. The van der Waals surface area contributed by atoms with Crippen molar-refractivity contribution in [1.29, 1.82) is 0 Å². The molecule has 1 unspecified atom stereocenters. The second kappa shape index (κ2) is 10.1. The second-order valence-corrected chi connectivity index (χ2v) is 10.4. The summed E-state index contributed by atoms with van der Waals surface area (Å²) in [5.41, 5.74) is 4.34. The van der Waals surface area contributed by atoms with Crippen LogP contribution in [0.4, 0.5) is 0 Å². The highest BCUT2D eigenvalue weighted by molar-refractivity contribution is 8.00. The average molecular weight is 446 g/mol. The first-order valence-corrected chi connectivity index (χ1v) is 12.3. The third-order valence-electron chi connectivity index (χ3n) is 5.60. The smallest absolute Gasteiger partial charge is 0.245 e. The molecule has 2 fully saturated rings. The van der Waals surface area contributed by atoms with E-state index < -0.39 is 0 Å². The van der Waals surface area contributed by atoms with Crippen molar-refractivity contribution in [2.75, 3.05) is 12.4 Å². The SMILES string of the molecule is O=Cc1cccc(-c2ccc([C@@]3(CC(=O)NOC4CCCCO4)CCCCS3)s2)c1. The van der Waals surface area contributed by atoms with E-state index in [0.717, 1.165) is 54.6 Å². The van der Waals surface area contributed by atoms with Crippen LogP contribution in [-0.4, -0.2) is 30.8 Å². The predicted molar refractivity (Wildman–Crippen MR) is 121 cm³/mol. The zero-order valence-electron chi connectivity index (χ0n) is 16.9. The van der Waals surface area contributed by atoms with Crippen LogP contribution in [0.25, 0.3) is 10.4 Å². The molecular weight excluding hydrogens is 418 g/mol. The highest BCUT2D eigenvalue weighted by Crippen LogP contribution is 2.50. The minimum atomic E-state index is -0.337. The Kier molecular flexibility index (Phi) is 7.25. The van der Waals surface area contributed by atoms with E-state index in [0.29, 0.717) is 18.6 Å². The molecule has 1 aromatic heterocycles. The van der Waals surface area contributed by atoms with Gasteiger partial charge in [0.15, 0.2) is 6.29 Å². The predicted octanol–water partition coefficient (Wildman–Crippen LogP) is 5.30. The van der Waals surface area contributed by atoms with Crippen LogP contribution in [-0.2, 0) is 19.1 Å². The molecule has 2 aromatic rings. The van der Waals surface area contributed by atoms with Crippen LogP contribution in [0.3, 0.4) is 0 Å². The Hall–Kier alpha value is -1.67. The highest BCUT2D eigenvalue weighted by Gasteiger charge is 2.38. The lowest BCUT2D eigenvalue weighted by Gasteiger charge is -2.35. The zero-order valence-corrected chi connectivity index (χ0v) is 18.6. The number of hydrogen-bond donors (Lipinski definition) is 1. The fourth-order valence-corrected chi connectivity index (χ4v) is 6.89. The van der Waals surface area contributed by atoms with Crippen LogP contribution in [0.15, 0.2) is 36.4 Å². The van der Waals surface area contributed by atoms with Crippen LogP contribution in [0.1, 0.15) is 60.2 Å². The molecule has 2 atom stereocenters. The molecular formula is C23H27NO4S2. The van der Waals surface area contributed by atoms with Crippen molar-refractivity contribution in [3.05, 3.63) is 46.8 Å². The largest absolute Gasteiger partial charge is 0.350 e. The maximum Gasteiger partial charge on any atom is 0.245 e. The Morgan fingerprint density at radius 2 is 2.17 bits per heavy atom. The molecule has 3 heterocycles. The summed E-state index contributed by atoms with van der Waals surface area (Å²) in [6.07, 6.45) is 7.11. The molecule has 1 N–H and O–H groups in total. The van der Waals surface area contributed by atoms with Crippen LogP contribution >= 0.6 is 23.1 Å². The van der Waals surface area contributed by atoms with Gasteiger partial charge in [-0.1, -0.05) is 24.6 Å². The molecule has 5 nitrogen and oxygen atoms in total. The maximum absolute atomic E-state index is 12.8. The lowest BCUT2D eigenvalue weighted by molar-refractivity contribution is -0.200. The maximum atomic E-state index is 12.8. The van der Waals surface area contributed by atoms with Crippen molar-refractivity contribution in [3.63, 3.8) is 0 Å². The van der Waals surface area contributed by atoms with Crippen LogP contribution in [0.5, 0.6) is 0 Å². The number of aldehydes is 1. The van der Waals surface area contributed by atoms with Crippen molar-refractivity contribution in [2.45, 2.75) is 56.0 Å². The van der Waals surface area contributed by atoms with E-state index in [2.05, 4.69) is 17.6 Å². The molecule has 2 saturated heterocycles. The van der Waals surface area contributed by atoms with Crippen molar-refractivity contribution >= 4 is 35.3 Å². The normalized spacial score (nSPS) is 24.3. The van der Waals surface area contributed by atoms with E-state index in [9.17, 15) is 9.59 Å². The van der Waals surface area contributed by atoms with Crippen LogP contribution < -0.4 is 5.48 Å². The Morgan fingerprint density at radius 1 is 1.23 bits per heavy atom. The van der Waals surface area contributed by atoms with E-state index in [1.54, 1.807) is 11.3 Å². The summed E-state index contributed by atoms with van der Waals surface area (Å²) in [5, 5.41) is 0. The highest BCUT2D eigenvalue weighted by atomic mass is 32.2. The summed E-state index contributed by atoms with van der Waals surface area (Å²) in [7, 11) is 0. The minimum Gasteiger partial charge on any atom is -0.350 e. The summed E-state index contributed by atoms with van der Waals surface area (Å²) in [6, 6.07) is 11.9. The van der Waals surface area contributed by atoms with Gasteiger partial charge in [-0.05, 0) is 55.2 Å². The van der Waals surface area contributed by atoms with Crippen molar-refractivity contribution < 1.29 is 19.2 Å². The first kappa shape index (κ1) is 21.6. The molecule has 0 bridgehead atoms. The molecule has 160 valence electrons. The van der Waals surface area contributed by atoms with Crippen LogP contribution in [0, 0.1) is 0 Å². The average Bonchev–Trinajstić information content (AvgIpc) is 3.30. The van der Waals surface area contributed by atoms with Crippen molar-refractivity contribution in [1.82, 2.24) is 5.48 Å². The molecule has 4 rings (SSSR count). The number of thioether (sulfide) groups is 1.